The Morgan fingerprint density at radius 1 is 0.900 bits per heavy atom. The molecule has 4 N–H and O–H groups in total. The summed E-state index contributed by atoms with van der Waals surface area (Å²) in [6, 6.07) is 17.3. The summed E-state index contributed by atoms with van der Waals surface area (Å²) < 4.78 is 34.5. The van der Waals surface area contributed by atoms with Gasteiger partial charge in [-0.15, -0.1) is 0 Å². The molecule has 2 aromatic carbocycles. The second kappa shape index (κ2) is 15.0. The van der Waals surface area contributed by atoms with Crippen molar-refractivity contribution in [3.8, 4) is 11.1 Å². The van der Waals surface area contributed by atoms with E-state index in [2.05, 4.69) is 34.1 Å². The van der Waals surface area contributed by atoms with Crippen LogP contribution in [0.25, 0.3) is 21.3 Å². The van der Waals surface area contributed by atoms with E-state index in [1.807, 2.05) is 66.4 Å². The number of fused-ring (bicyclic) bond motifs is 2. The number of thiazole rings is 1. The van der Waals surface area contributed by atoms with Gasteiger partial charge < -0.3 is 15.3 Å². The monoisotopic (exact) mass is 851 g/mol. The number of nitrogens with zero attached hydrogens (tertiary/aromatic N) is 5. The van der Waals surface area contributed by atoms with Gasteiger partial charge in [0, 0.05) is 48.6 Å². The highest BCUT2D eigenvalue weighted by Gasteiger charge is 2.65. The van der Waals surface area contributed by atoms with Crippen LogP contribution in [-0.4, -0.2) is 75.1 Å². The molecule has 10 rings (SSSR count). The van der Waals surface area contributed by atoms with Gasteiger partial charge in [-0.1, -0.05) is 49.4 Å². The molecule has 4 bridgehead atoms. The van der Waals surface area contributed by atoms with Crippen LogP contribution < -0.4 is 15.5 Å². The van der Waals surface area contributed by atoms with Gasteiger partial charge >= 0.3 is 5.97 Å². The number of nitrogens with one attached hydrogen (secondary N) is 2. The van der Waals surface area contributed by atoms with E-state index < -0.39 is 16.1 Å². The first kappa shape index (κ1) is 40.7. The van der Waals surface area contributed by atoms with E-state index in [4.69, 9.17) is 14.6 Å². The largest absolute Gasteiger partial charge is 0.476 e. The number of pyridine rings is 1. The number of carbonyl (C=O) groups is 2. The molecule has 0 radical (unpaired) electrons. The summed E-state index contributed by atoms with van der Waals surface area (Å²) >= 11 is 1.43. The van der Waals surface area contributed by atoms with Crippen LogP contribution in [-0.2, 0) is 29.6 Å². The SMILES string of the molecule is Cc1c(-c2ccc(N3CCc4cccc(C(=O)Nc5nc6ccccc6s5)c4C3)nc2C(=O)O)cnn1CC12CC3(C)CC(C)(CC(CCCNCCS(=O)(=O)O)(C3)C1)C2. The predicted octanol–water partition coefficient (Wildman–Crippen LogP) is 8.00. The molecular weight excluding hydrogens is 799 g/mol. The van der Waals surface area contributed by atoms with Crippen molar-refractivity contribution in [2.75, 3.05) is 35.6 Å². The van der Waals surface area contributed by atoms with E-state index in [0.29, 0.717) is 48.1 Å². The van der Waals surface area contributed by atoms with E-state index >= 15 is 0 Å². The lowest BCUT2D eigenvalue weighted by Crippen LogP contribution is -2.60. The Morgan fingerprint density at radius 2 is 1.67 bits per heavy atom. The number of hydrogen-bond donors (Lipinski definition) is 4. The molecular formula is C45H53N7O6S2. The molecule has 2 atom stereocenters. The zero-order chi connectivity index (χ0) is 42.1. The van der Waals surface area contributed by atoms with Crippen LogP contribution >= 0.6 is 11.3 Å². The van der Waals surface area contributed by atoms with Gasteiger partial charge in [0.2, 0.25) is 0 Å². The summed E-state index contributed by atoms with van der Waals surface area (Å²) in [5, 5.41) is 22.2. The maximum absolute atomic E-state index is 13.6. The summed E-state index contributed by atoms with van der Waals surface area (Å²) in [6.45, 7) is 9.73. The third kappa shape index (κ3) is 7.96. The molecule has 0 saturated heterocycles. The average Bonchev–Trinajstić information content (AvgIpc) is 3.75. The second-order valence-electron chi connectivity index (χ2n) is 19.0. The highest BCUT2D eigenvalue weighted by molar-refractivity contribution is 7.85. The van der Waals surface area contributed by atoms with Gasteiger partial charge in [-0.3, -0.25) is 19.3 Å². The Labute approximate surface area is 354 Å². The highest BCUT2D eigenvalue weighted by Crippen LogP contribution is 2.75. The number of aromatic carboxylic acids is 1. The Morgan fingerprint density at radius 3 is 2.42 bits per heavy atom. The van der Waals surface area contributed by atoms with Crippen LogP contribution in [0.5, 0.6) is 0 Å². The van der Waals surface area contributed by atoms with Crippen LogP contribution in [0.2, 0.25) is 0 Å². The van der Waals surface area contributed by atoms with Crippen molar-refractivity contribution in [3.63, 3.8) is 0 Å². The Bertz CT molecular complexity index is 2570. The summed E-state index contributed by atoms with van der Waals surface area (Å²) in [5.41, 5.74) is 6.31. The van der Waals surface area contributed by atoms with Crippen molar-refractivity contribution < 1.29 is 27.7 Å². The molecule has 2 unspecified atom stereocenters. The number of carbonyl (C=O) groups excluding carboxylic acids is 1. The molecule has 4 heterocycles. The van der Waals surface area contributed by atoms with Crippen molar-refractivity contribution in [2.24, 2.45) is 21.7 Å². The van der Waals surface area contributed by atoms with E-state index in [1.165, 1.54) is 30.6 Å². The number of aromatic nitrogens is 4. The number of rotatable bonds is 14. The van der Waals surface area contributed by atoms with Crippen LogP contribution in [0.4, 0.5) is 10.9 Å². The molecule has 0 spiro atoms. The minimum atomic E-state index is -3.98. The van der Waals surface area contributed by atoms with Gasteiger partial charge in [0.05, 0.1) is 22.2 Å². The Balaban J connectivity index is 0.924. The van der Waals surface area contributed by atoms with Crippen molar-refractivity contribution in [1.29, 1.82) is 0 Å². The van der Waals surface area contributed by atoms with E-state index in [1.54, 1.807) is 6.20 Å². The van der Waals surface area contributed by atoms with Crippen molar-refractivity contribution in [1.82, 2.24) is 25.1 Å². The number of carboxylic acids is 1. The third-order valence-corrected chi connectivity index (χ3v) is 15.4. The van der Waals surface area contributed by atoms with Gasteiger partial charge in [-0.05, 0) is 134 Å². The number of carboxylic acid groups (broad SMARTS) is 1. The number of amides is 1. The minimum absolute atomic E-state index is 0.0261. The van der Waals surface area contributed by atoms with Crippen molar-refractivity contribution >= 4 is 54.5 Å². The molecule has 4 saturated carbocycles. The molecule has 13 nitrogen and oxygen atoms in total. The smallest absolute Gasteiger partial charge is 0.355 e. The molecule has 4 aliphatic carbocycles. The topological polar surface area (TPSA) is 180 Å². The normalized spacial score (nSPS) is 25.8. The molecule has 60 heavy (non-hydrogen) atoms. The van der Waals surface area contributed by atoms with E-state index in [-0.39, 0.29) is 45.6 Å². The van der Waals surface area contributed by atoms with E-state index in [9.17, 15) is 23.1 Å². The first-order valence-electron chi connectivity index (χ1n) is 21.0. The molecule has 5 aliphatic rings. The summed E-state index contributed by atoms with van der Waals surface area (Å²) in [6.07, 6.45) is 11.5. The Hall–Kier alpha value is -4.70. The molecule has 1 aliphatic heterocycles. The van der Waals surface area contributed by atoms with Crippen molar-refractivity contribution in [3.05, 3.63) is 88.9 Å². The quantitative estimate of drug-likeness (QED) is 0.0628. The molecule has 3 aromatic heterocycles. The molecule has 1 amide bonds. The number of hydrogen-bond acceptors (Lipinski definition) is 10. The van der Waals surface area contributed by atoms with Crippen LogP contribution in [0.3, 0.4) is 0 Å². The first-order chi connectivity index (χ1) is 28.5. The fourth-order valence-electron chi connectivity index (χ4n) is 12.8. The second-order valence-corrected chi connectivity index (χ2v) is 21.7. The van der Waals surface area contributed by atoms with Crippen molar-refractivity contribution in [2.45, 2.75) is 91.6 Å². The van der Waals surface area contributed by atoms with Crippen LogP contribution in [0, 0.1) is 28.6 Å². The predicted molar refractivity (Wildman–Crippen MR) is 233 cm³/mol. The fourth-order valence-corrected chi connectivity index (χ4v) is 14.1. The average molecular weight is 852 g/mol. The van der Waals surface area contributed by atoms with Crippen LogP contribution in [0.1, 0.15) is 103 Å². The number of anilines is 2. The lowest BCUT2D eigenvalue weighted by molar-refractivity contribution is -0.197. The van der Waals surface area contributed by atoms with E-state index in [0.717, 1.165) is 71.2 Å². The number of para-hydroxylation sites is 1. The maximum atomic E-state index is 13.6. The molecule has 5 aromatic rings. The van der Waals surface area contributed by atoms with Gasteiger partial charge in [0.1, 0.15) is 5.82 Å². The lowest BCUT2D eigenvalue weighted by atomic mass is 9.35. The minimum Gasteiger partial charge on any atom is -0.476 e. The first-order valence-corrected chi connectivity index (χ1v) is 23.4. The van der Waals surface area contributed by atoms with Gasteiger partial charge in [-0.25, -0.2) is 14.8 Å². The van der Waals surface area contributed by atoms with Gasteiger partial charge in [-0.2, -0.15) is 13.5 Å². The fraction of sp³-hybridized carbons (Fsp3) is 0.489. The Kier molecular flexibility index (Phi) is 10.2. The number of benzene rings is 2. The summed E-state index contributed by atoms with van der Waals surface area (Å²) in [7, 11) is -3.98. The molecule has 15 heteroatoms. The maximum Gasteiger partial charge on any atom is 0.355 e. The van der Waals surface area contributed by atoms with Gasteiger partial charge in [0.15, 0.2) is 10.8 Å². The third-order valence-electron chi connectivity index (χ3n) is 13.7. The van der Waals surface area contributed by atoms with Crippen LogP contribution in [0.15, 0.2) is 60.8 Å². The summed E-state index contributed by atoms with van der Waals surface area (Å²) in [5.74, 6) is -1.07. The summed E-state index contributed by atoms with van der Waals surface area (Å²) in [4.78, 5) is 37.9. The highest BCUT2D eigenvalue weighted by atomic mass is 32.2. The molecule has 316 valence electrons. The van der Waals surface area contributed by atoms with Gasteiger partial charge in [0.25, 0.3) is 16.0 Å². The molecule has 4 fully saturated rings. The lowest BCUT2D eigenvalue weighted by Gasteiger charge is -2.70. The zero-order valence-corrected chi connectivity index (χ0v) is 36.1. The standard InChI is InChI=1S/C45H53N7O6S2/c1-29-33(20-47-52(29)28-45-25-42(2)22-43(3,26-45)24-44(23-42,27-45)15-7-16-46-17-19-60(56,57)58)31-12-13-37(49-38(31)40(54)55)51-18-14-30-8-6-9-32(34(30)21-51)39(53)50-41-48-35-10-4-5-11-36(35)59-41/h4-6,8-13,20,46H,7,14-19,21-28H2,1-3H3,(H,54,55)(H,48,50,53)(H,56,57,58). The zero-order valence-electron chi connectivity index (χ0n) is 34.5.